The second-order valence-corrected chi connectivity index (χ2v) is 8.71. The number of halogens is 1. The van der Waals surface area contributed by atoms with Gasteiger partial charge in [0, 0.05) is 0 Å². The number of rotatable bonds is 15. The summed E-state index contributed by atoms with van der Waals surface area (Å²) in [5.74, 6) is 0. The minimum atomic E-state index is -3.70. The molecule has 1 unspecified atom stereocenters. The van der Waals surface area contributed by atoms with E-state index in [1.165, 1.54) is 32.1 Å². The Morgan fingerprint density at radius 1 is 0.885 bits per heavy atom. The molecule has 0 bridgehead atoms. The number of unbranched alkanes of at least 4 members (excludes halogenated alkanes) is 7. The van der Waals surface area contributed by atoms with Gasteiger partial charge in [-0.05, 0) is 44.7 Å². The maximum absolute atomic E-state index is 13.8. The Bertz CT molecular complexity index is 569. The van der Waals surface area contributed by atoms with Gasteiger partial charge in [0.25, 0.3) is 10.1 Å². The molecule has 0 radical (unpaired) electrons. The van der Waals surface area contributed by atoms with E-state index in [0.717, 1.165) is 18.4 Å². The van der Waals surface area contributed by atoms with Crippen LogP contribution in [0.2, 0.25) is 0 Å². The molecule has 0 saturated heterocycles. The zero-order chi connectivity index (χ0) is 19.3. The fourth-order valence-electron chi connectivity index (χ4n) is 2.88. The molecular formula is C21H35FO3S. The molecule has 0 spiro atoms. The lowest BCUT2D eigenvalue weighted by molar-refractivity contribution is 0.262. The summed E-state index contributed by atoms with van der Waals surface area (Å²) in [7, 11) is -3.70. The molecule has 1 aromatic carbocycles. The van der Waals surface area contributed by atoms with Crippen LogP contribution >= 0.6 is 0 Å². The molecule has 1 rings (SSSR count). The fourth-order valence-corrected chi connectivity index (χ4v) is 3.82. The molecule has 3 nitrogen and oxygen atoms in total. The molecule has 1 aromatic rings. The highest BCUT2D eigenvalue weighted by atomic mass is 32.2. The highest BCUT2D eigenvalue weighted by Crippen LogP contribution is 2.17. The van der Waals surface area contributed by atoms with Crippen molar-refractivity contribution in [1.82, 2.24) is 0 Å². The van der Waals surface area contributed by atoms with E-state index in [0.29, 0.717) is 25.7 Å². The molecule has 1 atom stereocenters. The van der Waals surface area contributed by atoms with E-state index in [1.807, 2.05) is 6.92 Å². The van der Waals surface area contributed by atoms with Crippen LogP contribution in [0.15, 0.2) is 29.2 Å². The van der Waals surface area contributed by atoms with Crippen LogP contribution in [-0.2, 0) is 14.3 Å². The topological polar surface area (TPSA) is 43.4 Å². The van der Waals surface area contributed by atoms with Crippen molar-refractivity contribution >= 4 is 10.1 Å². The maximum Gasteiger partial charge on any atom is 0.296 e. The van der Waals surface area contributed by atoms with Crippen molar-refractivity contribution < 1.29 is 17.0 Å². The van der Waals surface area contributed by atoms with Gasteiger partial charge in [0.2, 0.25) is 0 Å². The average molecular weight is 387 g/mol. The Morgan fingerprint density at radius 3 is 2.04 bits per heavy atom. The Hall–Kier alpha value is -0.940. The first-order chi connectivity index (χ1) is 12.5. The third-order valence-corrected chi connectivity index (χ3v) is 5.91. The van der Waals surface area contributed by atoms with Crippen LogP contribution in [0.1, 0.15) is 83.1 Å². The van der Waals surface area contributed by atoms with Crippen molar-refractivity contribution in [2.75, 3.05) is 6.61 Å². The first-order valence-electron chi connectivity index (χ1n) is 10.1. The van der Waals surface area contributed by atoms with Crippen molar-refractivity contribution in [3.8, 4) is 0 Å². The Kier molecular flexibility index (Phi) is 11.8. The molecule has 0 aliphatic carbocycles. The molecule has 0 amide bonds. The number of aryl methyl sites for hydroxylation is 1. The number of hydrogen-bond acceptors (Lipinski definition) is 3. The van der Waals surface area contributed by atoms with Gasteiger partial charge in [0.1, 0.15) is 6.17 Å². The van der Waals surface area contributed by atoms with Gasteiger partial charge in [-0.2, -0.15) is 8.42 Å². The van der Waals surface area contributed by atoms with Gasteiger partial charge in [-0.3, -0.25) is 4.18 Å². The third kappa shape index (κ3) is 10.3. The molecule has 0 fully saturated rings. The lowest BCUT2D eigenvalue weighted by atomic mass is 10.0. The molecule has 5 heteroatoms. The third-order valence-electron chi connectivity index (χ3n) is 4.58. The van der Waals surface area contributed by atoms with Crippen LogP contribution < -0.4 is 0 Å². The van der Waals surface area contributed by atoms with E-state index in [2.05, 4.69) is 6.92 Å². The molecular weight excluding hydrogens is 351 g/mol. The van der Waals surface area contributed by atoms with Gasteiger partial charge in [-0.15, -0.1) is 0 Å². The second kappa shape index (κ2) is 13.3. The summed E-state index contributed by atoms with van der Waals surface area (Å²) in [4.78, 5) is 0.172. The quantitative estimate of drug-likeness (QED) is 0.260. The first-order valence-corrected chi connectivity index (χ1v) is 11.5. The van der Waals surface area contributed by atoms with E-state index >= 15 is 0 Å². The summed E-state index contributed by atoms with van der Waals surface area (Å²) in [6.07, 6.45) is 9.92. The number of hydrogen-bond donors (Lipinski definition) is 0. The molecule has 0 saturated carbocycles. The van der Waals surface area contributed by atoms with E-state index in [9.17, 15) is 12.8 Å². The fraction of sp³-hybridized carbons (Fsp3) is 0.714. The minimum absolute atomic E-state index is 0.111. The molecule has 26 heavy (non-hydrogen) atoms. The molecule has 150 valence electrons. The predicted molar refractivity (Wildman–Crippen MR) is 106 cm³/mol. The lowest BCUT2D eigenvalue weighted by Gasteiger charge is -2.09. The predicted octanol–water partition coefficient (Wildman–Crippen LogP) is 6.35. The van der Waals surface area contributed by atoms with Crippen molar-refractivity contribution in [3.05, 3.63) is 29.8 Å². The average Bonchev–Trinajstić information content (AvgIpc) is 2.61. The summed E-state index contributed by atoms with van der Waals surface area (Å²) in [5, 5.41) is 0. The van der Waals surface area contributed by atoms with Gasteiger partial charge in [-0.25, -0.2) is 4.39 Å². The van der Waals surface area contributed by atoms with Crippen LogP contribution in [0.3, 0.4) is 0 Å². The molecule has 0 aliphatic heterocycles. The second-order valence-electron chi connectivity index (χ2n) is 7.09. The minimum Gasteiger partial charge on any atom is -0.266 e. The van der Waals surface area contributed by atoms with Gasteiger partial charge in [-0.1, -0.05) is 69.6 Å². The maximum atomic E-state index is 13.8. The van der Waals surface area contributed by atoms with Crippen molar-refractivity contribution in [3.63, 3.8) is 0 Å². The number of benzene rings is 1. The zero-order valence-electron chi connectivity index (χ0n) is 16.4. The number of alkyl halides is 1. The smallest absolute Gasteiger partial charge is 0.266 e. The van der Waals surface area contributed by atoms with Crippen molar-refractivity contribution in [2.45, 2.75) is 95.5 Å². The zero-order valence-corrected chi connectivity index (χ0v) is 17.2. The Balaban J connectivity index is 2.06. The lowest BCUT2D eigenvalue weighted by Crippen LogP contribution is -2.08. The summed E-state index contributed by atoms with van der Waals surface area (Å²) < 4.78 is 42.9. The van der Waals surface area contributed by atoms with E-state index < -0.39 is 16.3 Å². The van der Waals surface area contributed by atoms with Crippen molar-refractivity contribution in [2.24, 2.45) is 0 Å². The standard InChI is InChI=1S/C21H35FO3S/c1-3-4-5-6-7-8-9-12-20(22)13-10-11-18-25-26(23,24)21-16-14-19(2)15-17-21/h14-17,20H,3-13,18H2,1-2H3. The summed E-state index contributed by atoms with van der Waals surface area (Å²) >= 11 is 0. The molecule has 0 N–H and O–H groups in total. The monoisotopic (exact) mass is 386 g/mol. The van der Waals surface area contributed by atoms with E-state index in [4.69, 9.17) is 4.18 Å². The summed E-state index contributed by atoms with van der Waals surface area (Å²) in [6.45, 7) is 4.22. The first kappa shape index (κ1) is 23.1. The van der Waals surface area contributed by atoms with Crippen LogP contribution in [0, 0.1) is 6.92 Å². The van der Waals surface area contributed by atoms with E-state index in [-0.39, 0.29) is 11.5 Å². The normalized spacial score (nSPS) is 13.0. The summed E-state index contributed by atoms with van der Waals surface area (Å²) in [6, 6.07) is 6.58. The molecule has 0 aliphatic rings. The van der Waals surface area contributed by atoms with Crippen LogP contribution in [-0.4, -0.2) is 21.2 Å². The van der Waals surface area contributed by atoms with Gasteiger partial charge >= 0.3 is 0 Å². The van der Waals surface area contributed by atoms with Crippen LogP contribution in [0.25, 0.3) is 0 Å². The van der Waals surface area contributed by atoms with Crippen molar-refractivity contribution in [1.29, 1.82) is 0 Å². The van der Waals surface area contributed by atoms with Crippen LogP contribution in [0.5, 0.6) is 0 Å². The van der Waals surface area contributed by atoms with Gasteiger partial charge < -0.3 is 0 Å². The SMILES string of the molecule is CCCCCCCCCC(F)CCCCOS(=O)(=O)c1ccc(C)cc1. The highest BCUT2D eigenvalue weighted by Gasteiger charge is 2.14. The Morgan fingerprint density at radius 2 is 1.42 bits per heavy atom. The van der Waals surface area contributed by atoms with Crippen LogP contribution in [0.4, 0.5) is 4.39 Å². The molecule has 0 heterocycles. The summed E-state index contributed by atoms with van der Waals surface area (Å²) in [5.41, 5.74) is 0.999. The Labute approximate surface area is 159 Å². The largest absolute Gasteiger partial charge is 0.296 e. The van der Waals surface area contributed by atoms with E-state index in [1.54, 1.807) is 24.3 Å². The highest BCUT2D eigenvalue weighted by molar-refractivity contribution is 7.86. The molecule has 0 aromatic heterocycles. The van der Waals surface area contributed by atoms with Gasteiger partial charge in [0.05, 0.1) is 11.5 Å². The van der Waals surface area contributed by atoms with Gasteiger partial charge in [0.15, 0.2) is 0 Å².